The van der Waals surface area contributed by atoms with Crippen LogP contribution in [0.3, 0.4) is 0 Å². The number of aromatic nitrogens is 2. The highest BCUT2D eigenvalue weighted by atomic mass is 16.5. The molecule has 1 aliphatic rings. The predicted molar refractivity (Wildman–Crippen MR) is 121 cm³/mol. The van der Waals surface area contributed by atoms with E-state index in [0.29, 0.717) is 24.6 Å². The lowest BCUT2D eigenvalue weighted by atomic mass is 10.1. The lowest BCUT2D eigenvalue weighted by Crippen LogP contribution is -2.29. The molecule has 30 heavy (non-hydrogen) atoms. The normalized spacial score (nSPS) is 13.5. The van der Waals surface area contributed by atoms with Crippen LogP contribution in [0.15, 0.2) is 59.1 Å². The van der Waals surface area contributed by atoms with Gasteiger partial charge in [-0.25, -0.2) is 0 Å². The molecule has 0 unspecified atom stereocenters. The number of anilines is 1. The van der Waals surface area contributed by atoms with Crippen LogP contribution < -0.4 is 4.90 Å². The third kappa shape index (κ3) is 6.55. The van der Waals surface area contributed by atoms with Gasteiger partial charge in [-0.2, -0.15) is 4.98 Å². The SMILES string of the molecule is CC(=O)CCc1nc(-c2ccc(N3CCCCC3)cc2)no1.CCc1ccccc1. The number of ketones is 1. The Labute approximate surface area is 179 Å². The van der Waals surface area contributed by atoms with Crippen LogP contribution in [0.25, 0.3) is 11.4 Å². The number of hydrogen-bond acceptors (Lipinski definition) is 5. The van der Waals surface area contributed by atoms with Gasteiger partial charge in [0.15, 0.2) is 0 Å². The highest BCUT2D eigenvalue weighted by molar-refractivity contribution is 5.75. The molecule has 0 radical (unpaired) electrons. The Balaban J connectivity index is 0.000000269. The molecule has 1 fully saturated rings. The Morgan fingerprint density at radius 2 is 1.70 bits per heavy atom. The van der Waals surface area contributed by atoms with Crippen LogP contribution in [-0.4, -0.2) is 29.0 Å². The van der Waals surface area contributed by atoms with E-state index in [-0.39, 0.29) is 5.78 Å². The van der Waals surface area contributed by atoms with E-state index in [0.717, 1.165) is 25.1 Å². The van der Waals surface area contributed by atoms with Gasteiger partial charge in [0.2, 0.25) is 11.7 Å². The van der Waals surface area contributed by atoms with Crippen LogP contribution in [0.2, 0.25) is 0 Å². The van der Waals surface area contributed by atoms with Crippen molar-refractivity contribution < 1.29 is 9.32 Å². The molecule has 0 saturated carbocycles. The summed E-state index contributed by atoms with van der Waals surface area (Å²) in [6.45, 7) is 6.00. The molecule has 0 aliphatic carbocycles. The number of benzene rings is 2. The van der Waals surface area contributed by atoms with Crippen molar-refractivity contribution in [3.05, 3.63) is 66.1 Å². The smallest absolute Gasteiger partial charge is 0.227 e. The summed E-state index contributed by atoms with van der Waals surface area (Å²) in [4.78, 5) is 17.8. The van der Waals surface area contributed by atoms with Gasteiger partial charge in [-0.1, -0.05) is 42.4 Å². The Bertz CT molecular complexity index is 898. The molecule has 2 aromatic carbocycles. The van der Waals surface area contributed by atoms with Crippen molar-refractivity contribution in [1.82, 2.24) is 10.1 Å². The summed E-state index contributed by atoms with van der Waals surface area (Å²) < 4.78 is 5.19. The van der Waals surface area contributed by atoms with Gasteiger partial charge in [0.1, 0.15) is 5.78 Å². The second-order valence-corrected chi connectivity index (χ2v) is 7.65. The third-order valence-electron chi connectivity index (χ3n) is 5.26. The molecule has 3 aromatic rings. The molecular formula is C25H31N3O2. The van der Waals surface area contributed by atoms with E-state index in [2.05, 4.69) is 58.4 Å². The number of Topliss-reactive ketones (excluding diaryl/α,β-unsaturated/α-hetero) is 1. The fourth-order valence-electron chi connectivity index (χ4n) is 3.44. The van der Waals surface area contributed by atoms with Gasteiger partial charge in [0.25, 0.3) is 0 Å². The zero-order chi connectivity index (χ0) is 21.2. The maximum atomic E-state index is 11.0. The van der Waals surface area contributed by atoms with E-state index in [4.69, 9.17) is 4.52 Å². The number of nitrogens with zero attached hydrogens (tertiary/aromatic N) is 3. The maximum Gasteiger partial charge on any atom is 0.227 e. The lowest BCUT2D eigenvalue weighted by molar-refractivity contribution is -0.117. The second-order valence-electron chi connectivity index (χ2n) is 7.65. The van der Waals surface area contributed by atoms with Gasteiger partial charge in [-0.05, 0) is 62.4 Å². The molecule has 4 rings (SSSR count). The Morgan fingerprint density at radius 1 is 1.00 bits per heavy atom. The topological polar surface area (TPSA) is 59.2 Å². The predicted octanol–water partition coefficient (Wildman–Crippen LogP) is 5.50. The van der Waals surface area contributed by atoms with Crippen LogP contribution in [0.1, 0.15) is 51.0 Å². The van der Waals surface area contributed by atoms with Crippen molar-refractivity contribution in [3.8, 4) is 11.4 Å². The number of piperidine rings is 1. The summed E-state index contributed by atoms with van der Waals surface area (Å²) in [6.07, 6.45) is 5.96. The number of hydrogen-bond donors (Lipinski definition) is 0. The first kappa shape index (κ1) is 21.8. The highest BCUT2D eigenvalue weighted by Crippen LogP contribution is 2.23. The van der Waals surface area contributed by atoms with Crippen molar-refractivity contribution in [1.29, 1.82) is 0 Å². The fraction of sp³-hybridized carbons (Fsp3) is 0.400. The molecule has 5 heteroatoms. The summed E-state index contributed by atoms with van der Waals surface area (Å²) in [6, 6.07) is 18.8. The van der Waals surface area contributed by atoms with Crippen LogP contribution in [0.4, 0.5) is 5.69 Å². The van der Waals surface area contributed by atoms with Gasteiger partial charge in [-0.15, -0.1) is 0 Å². The van der Waals surface area contributed by atoms with Crippen LogP contribution in [-0.2, 0) is 17.6 Å². The molecule has 5 nitrogen and oxygen atoms in total. The monoisotopic (exact) mass is 405 g/mol. The van der Waals surface area contributed by atoms with E-state index in [1.165, 1.54) is 30.5 Å². The average Bonchev–Trinajstić information content (AvgIpc) is 3.28. The van der Waals surface area contributed by atoms with E-state index < -0.39 is 0 Å². The van der Waals surface area contributed by atoms with Gasteiger partial charge < -0.3 is 14.2 Å². The molecule has 0 atom stereocenters. The van der Waals surface area contributed by atoms with E-state index in [1.54, 1.807) is 6.92 Å². The Hall–Kier alpha value is -2.95. The molecular weight excluding hydrogens is 374 g/mol. The Kier molecular flexibility index (Phi) is 8.19. The standard InChI is InChI=1S/C17H21N3O2.C8H10/c1-13(21)5-10-16-18-17(19-22-16)14-6-8-15(9-7-14)20-11-3-2-4-12-20;1-2-8-6-4-3-5-7-8/h6-9H,2-5,10-12H2,1H3;3-7H,2H2,1H3. The van der Waals surface area contributed by atoms with Crippen LogP contribution in [0.5, 0.6) is 0 Å². The second kappa shape index (κ2) is 11.3. The first-order chi connectivity index (χ1) is 14.7. The minimum absolute atomic E-state index is 0.130. The quantitative estimate of drug-likeness (QED) is 0.542. The minimum Gasteiger partial charge on any atom is -0.372 e. The summed E-state index contributed by atoms with van der Waals surface area (Å²) in [7, 11) is 0. The molecule has 1 aromatic heterocycles. The van der Waals surface area contributed by atoms with Crippen molar-refractivity contribution >= 4 is 11.5 Å². The van der Waals surface area contributed by atoms with Gasteiger partial charge >= 0.3 is 0 Å². The molecule has 2 heterocycles. The number of carbonyl (C=O) groups excluding carboxylic acids is 1. The average molecular weight is 406 g/mol. The van der Waals surface area contributed by atoms with Gasteiger partial charge in [-0.3, -0.25) is 0 Å². The summed E-state index contributed by atoms with van der Waals surface area (Å²) in [5, 5.41) is 4.00. The van der Waals surface area contributed by atoms with Crippen molar-refractivity contribution in [2.75, 3.05) is 18.0 Å². The molecule has 1 saturated heterocycles. The largest absolute Gasteiger partial charge is 0.372 e. The van der Waals surface area contributed by atoms with Crippen molar-refractivity contribution in [3.63, 3.8) is 0 Å². The zero-order valence-electron chi connectivity index (χ0n) is 18.0. The Morgan fingerprint density at radius 3 is 2.30 bits per heavy atom. The van der Waals surface area contributed by atoms with E-state index in [1.807, 2.05) is 18.2 Å². The lowest BCUT2D eigenvalue weighted by Gasteiger charge is -2.28. The summed E-state index contributed by atoms with van der Waals surface area (Å²) >= 11 is 0. The molecule has 0 N–H and O–H groups in total. The first-order valence-electron chi connectivity index (χ1n) is 10.9. The molecule has 0 spiro atoms. The minimum atomic E-state index is 0.130. The van der Waals surface area contributed by atoms with Crippen LogP contribution >= 0.6 is 0 Å². The molecule has 158 valence electrons. The van der Waals surface area contributed by atoms with Gasteiger partial charge in [0.05, 0.1) is 0 Å². The number of carbonyl (C=O) groups is 1. The number of aryl methyl sites for hydroxylation is 2. The number of rotatable bonds is 6. The maximum absolute atomic E-state index is 11.0. The van der Waals surface area contributed by atoms with E-state index >= 15 is 0 Å². The zero-order valence-corrected chi connectivity index (χ0v) is 18.0. The van der Waals surface area contributed by atoms with Crippen LogP contribution in [0, 0.1) is 0 Å². The fourth-order valence-corrected chi connectivity index (χ4v) is 3.44. The molecule has 0 bridgehead atoms. The molecule has 0 amide bonds. The molecule has 1 aliphatic heterocycles. The van der Waals surface area contributed by atoms with Gasteiger partial charge in [0, 0.05) is 37.2 Å². The van der Waals surface area contributed by atoms with E-state index in [9.17, 15) is 4.79 Å². The third-order valence-corrected chi connectivity index (χ3v) is 5.26. The van der Waals surface area contributed by atoms with Crippen molar-refractivity contribution in [2.45, 2.75) is 52.4 Å². The first-order valence-corrected chi connectivity index (χ1v) is 10.9. The summed E-state index contributed by atoms with van der Waals surface area (Å²) in [5.41, 5.74) is 3.61. The van der Waals surface area contributed by atoms with Crippen molar-refractivity contribution in [2.24, 2.45) is 0 Å². The summed E-state index contributed by atoms with van der Waals surface area (Å²) in [5.74, 6) is 1.24. The highest BCUT2D eigenvalue weighted by Gasteiger charge is 2.13.